The third-order valence-electron chi connectivity index (χ3n) is 11.8. The first-order chi connectivity index (χ1) is 29.2. The highest BCUT2D eigenvalue weighted by atomic mass is 15.1. The van der Waals surface area contributed by atoms with Crippen LogP contribution in [-0.4, -0.2) is 0 Å². The van der Waals surface area contributed by atoms with Crippen molar-refractivity contribution in [1.82, 2.24) is 0 Å². The first-order valence-corrected chi connectivity index (χ1v) is 20.3. The van der Waals surface area contributed by atoms with Gasteiger partial charge in [0.05, 0.1) is 5.69 Å². The molecule has 1 heteroatoms. The van der Waals surface area contributed by atoms with Gasteiger partial charge in [0.1, 0.15) is 0 Å². The molecule has 0 atom stereocenters. The average molecular weight is 750 g/mol. The van der Waals surface area contributed by atoms with Crippen LogP contribution in [0.15, 0.2) is 237 Å². The second-order valence-corrected chi connectivity index (χ2v) is 15.3. The topological polar surface area (TPSA) is 3.24 Å². The molecule has 0 unspecified atom stereocenters. The maximum absolute atomic E-state index is 2.46. The van der Waals surface area contributed by atoms with Crippen molar-refractivity contribution in [3.8, 4) is 44.5 Å². The predicted octanol–water partition coefficient (Wildman–Crippen LogP) is 16.4. The molecular formula is C58H39N. The van der Waals surface area contributed by atoms with E-state index in [1.54, 1.807) is 0 Å². The van der Waals surface area contributed by atoms with Crippen molar-refractivity contribution in [3.05, 3.63) is 237 Å². The summed E-state index contributed by atoms with van der Waals surface area (Å²) in [5, 5.41) is 9.88. The minimum atomic E-state index is 1.08. The summed E-state index contributed by atoms with van der Waals surface area (Å²) in [5.41, 5.74) is 12.8. The normalized spacial score (nSPS) is 11.4. The monoisotopic (exact) mass is 749 g/mol. The molecule has 0 N–H and O–H groups in total. The molecule has 0 aromatic heterocycles. The lowest BCUT2D eigenvalue weighted by Crippen LogP contribution is -2.12. The lowest BCUT2D eigenvalue weighted by Gasteiger charge is -2.29. The summed E-state index contributed by atoms with van der Waals surface area (Å²) >= 11 is 0. The summed E-state index contributed by atoms with van der Waals surface area (Å²) in [6, 6.07) is 86.5. The van der Waals surface area contributed by atoms with Gasteiger partial charge >= 0.3 is 0 Å². The van der Waals surface area contributed by atoms with E-state index >= 15 is 0 Å². The highest BCUT2D eigenvalue weighted by molar-refractivity contribution is 6.05. The second-order valence-electron chi connectivity index (χ2n) is 15.3. The maximum Gasteiger partial charge on any atom is 0.0546 e. The molecule has 0 fully saturated rings. The van der Waals surface area contributed by atoms with Crippen LogP contribution in [0.2, 0.25) is 0 Å². The van der Waals surface area contributed by atoms with E-state index in [2.05, 4.69) is 241 Å². The van der Waals surface area contributed by atoms with Gasteiger partial charge in [-0.05, 0) is 118 Å². The molecule has 11 aromatic rings. The molecule has 0 bridgehead atoms. The Bertz CT molecular complexity index is 3320. The number of hydrogen-bond donors (Lipinski definition) is 0. The highest BCUT2D eigenvalue weighted by Gasteiger charge is 2.21. The fraction of sp³-hybridized carbons (Fsp3) is 0. The lowest BCUT2D eigenvalue weighted by atomic mass is 9.92. The van der Waals surface area contributed by atoms with E-state index in [1.807, 2.05) is 0 Å². The van der Waals surface area contributed by atoms with E-state index in [0.717, 1.165) is 17.1 Å². The maximum atomic E-state index is 2.46. The third kappa shape index (κ3) is 6.30. The van der Waals surface area contributed by atoms with Gasteiger partial charge < -0.3 is 4.90 Å². The number of nitrogens with zero attached hydrogens (tertiary/aromatic N) is 1. The predicted molar refractivity (Wildman–Crippen MR) is 253 cm³/mol. The molecule has 276 valence electrons. The van der Waals surface area contributed by atoms with E-state index < -0.39 is 0 Å². The van der Waals surface area contributed by atoms with Gasteiger partial charge in [-0.2, -0.15) is 0 Å². The summed E-state index contributed by atoms with van der Waals surface area (Å²) in [6.45, 7) is 0. The quantitative estimate of drug-likeness (QED) is 0.157. The van der Waals surface area contributed by atoms with Crippen molar-refractivity contribution >= 4 is 60.2 Å². The number of benzene rings is 11. The van der Waals surface area contributed by atoms with E-state index in [9.17, 15) is 0 Å². The second kappa shape index (κ2) is 14.6. The molecule has 0 amide bonds. The van der Waals surface area contributed by atoms with Crippen LogP contribution in [0.1, 0.15) is 0 Å². The Balaban J connectivity index is 1.16. The van der Waals surface area contributed by atoms with Crippen LogP contribution in [-0.2, 0) is 0 Å². The van der Waals surface area contributed by atoms with Gasteiger partial charge in [0.25, 0.3) is 0 Å². The zero-order chi connectivity index (χ0) is 39.1. The molecule has 0 spiro atoms. The standard InChI is InChI=1S/C58H39N/c1-2-17-45-37-46(30-29-40(45)13-1)41-31-34-49(35-32-41)59(50-22-9-21-47(38-50)54-26-10-18-42-14-3-6-23-51(42)54)58-39-48(55-27-11-19-43-15-4-7-24-52(43)55)33-36-57(58)56-28-12-20-44-16-5-8-25-53(44)56/h1-39H. The largest absolute Gasteiger partial charge is 0.310 e. The van der Waals surface area contributed by atoms with E-state index in [0.29, 0.717) is 0 Å². The van der Waals surface area contributed by atoms with Gasteiger partial charge in [-0.25, -0.2) is 0 Å². The van der Waals surface area contributed by atoms with Crippen LogP contribution in [0.3, 0.4) is 0 Å². The zero-order valence-corrected chi connectivity index (χ0v) is 32.5. The molecule has 0 aliphatic carbocycles. The van der Waals surface area contributed by atoms with Gasteiger partial charge in [0.2, 0.25) is 0 Å². The average Bonchev–Trinajstić information content (AvgIpc) is 3.31. The number of hydrogen-bond acceptors (Lipinski definition) is 1. The van der Waals surface area contributed by atoms with Crippen molar-refractivity contribution in [2.24, 2.45) is 0 Å². The smallest absolute Gasteiger partial charge is 0.0546 e. The number of anilines is 3. The summed E-state index contributed by atoms with van der Waals surface area (Å²) < 4.78 is 0. The molecule has 0 aliphatic rings. The van der Waals surface area contributed by atoms with Crippen molar-refractivity contribution in [2.75, 3.05) is 4.90 Å². The van der Waals surface area contributed by atoms with Crippen LogP contribution in [0, 0.1) is 0 Å². The molecule has 59 heavy (non-hydrogen) atoms. The Morgan fingerprint density at radius 3 is 1.34 bits per heavy atom. The summed E-state index contributed by atoms with van der Waals surface area (Å²) in [6.07, 6.45) is 0. The van der Waals surface area contributed by atoms with Gasteiger partial charge in [-0.1, -0.05) is 200 Å². The van der Waals surface area contributed by atoms with Crippen LogP contribution < -0.4 is 4.90 Å². The summed E-state index contributed by atoms with van der Waals surface area (Å²) in [7, 11) is 0. The number of fused-ring (bicyclic) bond motifs is 4. The molecule has 0 radical (unpaired) electrons. The van der Waals surface area contributed by atoms with Crippen molar-refractivity contribution in [3.63, 3.8) is 0 Å². The third-order valence-corrected chi connectivity index (χ3v) is 11.8. The molecule has 11 aromatic carbocycles. The zero-order valence-electron chi connectivity index (χ0n) is 32.5. The fourth-order valence-corrected chi connectivity index (χ4v) is 8.94. The summed E-state index contributed by atoms with van der Waals surface area (Å²) in [5.74, 6) is 0. The van der Waals surface area contributed by atoms with Crippen molar-refractivity contribution in [1.29, 1.82) is 0 Å². The first-order valence-electron chi connectivity index (χ1n) is 20.3. The number of rotatable bonds is 7. The molecule has 0 saturated heterocycles. The Hall–Kier alpha value is -7.74. The van der Waals surface area contributed by atoms with Gasteiger partial charge in [0.15, 0.2) is 0 Å². The first kappa shape index (κ1) is 34.5. The summed E-state index contributed by atoms with van der Waals surface area (Å²) in [4.78, 5) is 2.46. The Kier molecular flexibility index (Phi) is 8.56. The Morgan fingerprint density at radius 1 is 0.220 bits per heavy atom. The van der Waals surface area contributed by atoms with Crippen LogP contribution in [0.25, 0.3) is 87.6 Å². The Morgan fingerprint density at radius 2 is 0.695 bits per heavy atom. The van der Waals surface area contributed by atoms with Gasteiger partial charge in [-0.15, -0.1) is 0 Å². The lowest BCUT2D eigenvalue weighted by molar-refractivity contribution is 1.28. The molecule has 0 heterocycles. The molecule has 1 nitrogen and oxygen atoms in total. The van der Waals surface area contributed by atoms with Crippen LogP contribution >= 0.6 is 0 Å². The Labute approximate surface area is 344 Å². The van der Waals surface area contributed by atoms with Crippen LogP contribution in [0.4, 0.5) is 17.1 Å². The van der Waals surface area contributed by atoms with Crippen molar-refractivity contribution in [2.45, 2.75) is 0 Å². The van der Waals surface area contributed by atoms with Gasteiger partial charge in [0, 0.05) is 16.9 Å². The highest BCUT2D eigenvalue weighted by Crippen LogP contribution is 2.46. The molecule has 11 rings (SSSR count). The van der Waals surface area contributed by atoms with E-state index in [1.165, 1.54) is 87.6 Å². The SMILES string of the molecule is c1cc(-c2cccc3ccccc23)cc(N(c2ccc(-c3ccc4ccccc4c3)cc2)c2cc(-c3cccc4ccccc34)ccc2-c2cccc3ccccc23)c1. The van der Waals surface area contributed by atoms with Crippen LogP contribution in [0.5, 0.6) is 0 Å². The minimum Gasteiger partial charge on any atom is -0.310 e. The van der Waals surface area contributed by atoms with E-state index in [-0.39, 0.29) is 0 Å². The minimum absolute atomic E-state index is 1.08. The molecule has 0 saturated carbocycles. The van der Waals surface area contributed by atoms with Gasteiger partial charge in [-0.3, -0.25) is 0 Å². The van der Waals surface area contributed by atoms with E-state index in [4.69, 9.17) is 0 Å². The molecule has 0 aliphatic heterocycles. The fourth-order valence-electron chi connectivity index (χ4n) is 8.94. The molecular weight excluding hydrogens is 711 g/mol. The van der Waals surface area contributed by atoms with Crippen molar-refractivity contribution < 1.29 is 0 Å².